The van der Waals surface area contributed by atoms with Gasteiger partial charge in [-0.2, -0.15) is 0 Å². The summed E-state index contributed by atoms with van der Waals surface area (Å²) in [6.07, 6.45) is 0.592. The number of carbonyl (C=O) groups excluding carboxylic acids is 2. The van der Waals surface area contributed by atoms with Gasteiger partial charge in [0.05, 0.1) is 45.3 Å². The second-order valence-corrected chi connectivity index (χ2v) is 9.51. The Hall–Kier alpha value is -4.14. The molecule has 8 heteroatoms. The number of fused-ring (bicyclic) bond motifs is 3. The number of aromatic amines is 1. The minimum absolute atomic E-state index is 0.139. The van der Waals surface area contributed by atoms with Crippen LogP contribution in [0.3, 0.4) is 0 Å². The molecule has 1 aliphatic heterocycles. The maximum Gasteiger partial charge on any atom is 0.364 e. The number of nitrogens with one attached hydrogen (secondary N) is 1. The average Bonchev–Trinajstić information content (AvgIpc) is 3.35. The highest BCUT2D eigenvalue weighted by Gasteiger charge is 2.38. The van der Waals surface area contributed by atoms with Crippen molar-refractivity contribution in [3.05, 3.63) is 100 Å². The minimum Gasteiger partial charge on any atom is -0.496 e. The summed E-state index contributed by atoms with van der Waals surface area (Å²) in [6.45, 7) is 2.62. The third-order valence-electron chi connectivity index (χ3n) is 7.20. The number of esters is 2. The van der Waals surface area contributed by atoms with Gasteiger partial charge in [0, 0.05) is 28.5 Å². The van der Waals surface area contributed by atoms with Crippen LogP contribution in [0.25, 0.3) is 10.9 Å². The molecule has 1 aromatic heterocycles. The molecule has 0 aliphatic carbocycles. The van der Waals surface area contributed by atoms with Crippen LogP contribution >= 0.6 is 0 Å². The number of ether oxygens (including phenoxy) is 4. The molecule has 2 heterocycles. The summed E-state index contributed by atoms with van der Waals surface area (Å²) in [5.74, 6) is 0.0984. The summed E-state index contributed by atoms with van der Waals surface area (Å²) in [6, 6.07) is 21.0. The summed E-state index contributed by atoms with van der Waals surface area (Å²) >= 11 is 0. The van der Waals surface area contributed by atoms with Crippen molar-refractivity contribution in [1.82, 2.24) is 4.98 Å². The lowest BCUT2D eigenvalue weighted by Crippen LogP contribution is -2.94. The van der Waals surface area contributed by atoms with Crippen LogP contribution in [0.4, 0.5) is 0 Å². The third kappa shape index (κ3) is 5.39. The standard InChI is InChI=1S/C31H32N2O6/c1-4-39-30(34)22-10-6-5-9-20(22)17-38-18-21-15-19(13-14-27(21)36-2)28-29-24(16-26(33-28)31(35)37-3)23-11-7-8-12-25(23)32-29/h5-15,26,28,32-33H,4,16-18H2,1-3H3/p+1/t26-,28-/m0/s1. The Labute approximate surface area is 227 Å². The van der Waals surface area contributed by atoms with Crippen molar-refractivity contribution in [2.75, 3.05) is 20.8 Å². The van der Waals surface area contributed by atoms with Crippen LogP contribution in [0.15, 0.2) is 66.7 Å². The Morgan fingerprint density at radius 3 is 2.54 bits per heavy atom. The van der Waals surface area contributed by atoms with Crippen molar-refractivity contribution in [2.24, 2.45) is 0 Å². The fourth-order valence-corrected chi connectivity index (χ4v) is 5.34. The molecule has 8 nitrogen and oxygen atoms in total. The quantitative estimate of drug-likeness (QED) is 0.320. The summed E-state index contributed by atoms with van der Waals surface area (Å²) in [5, 5.41) is 3.18. The largest absolute Gasteiger partial charge is 0.496 e. The Bertz CT molecular complexity index is 1490. The van der Waals surface area contributed by atoms with Crippen LogP contribution in [0.2, 0.25) is 0 Å². The normalized spacial score (nSPS) is 16.5. The highest BCUT2D eigenvalue weighted by Crippen LogP contribution is 2.34. The zero-order valence-electron chi connectivity index (χ0n) is 22.4. The van der Waals surface area contributed by atoms with E-state index in [1.54, 1.807) is 20.1 Å². The van der Waals surface area contributed by atoms with Gasteiger partial charge in [-0.15, -0.1) is 0 Å². The fraction of sp³-hybridized carbons (Fsp3) is 0.290. The summed E-state index contributed by atoms with van der Waals surface area (Å²) in [4.78, 5) is 28.6. The number of hydrogen-bond donors (Lipinski definition) is 2. The van der Waals surface area contributed by atoms with Crippen LogP contribution in [0, 0.1) is 0 Å². The Balaban J connectivity index is 1.43. The zero-order valence-corrected chi connectivity index (χ0v) is 22.4. The van der Waals surface area contributed by atoms with Gasteiger partial charge in [-0.1, -0.05) is 36.4 Å². The van der Waals surface area contributed by atoms with Gasteiger partial charge in [-0.3, -0.25) is 0 Å². The third-order valence-corrected chi connectivity index (χ3v) is 7.20. The number of quaternary nitrogens is 1. The molecule has 1 aliphatic rings. The van der Waals surface area contributed by atoms with E-state index in [-0.39, 0.29) is 37.2 Å². The molecule has 0 bridgehead atoms. The van der Waals surface area contributed by atoms with E-state index in [0.717, 1.165) is 38.9 Å². The van der Waals surface area contributed by atoms with Gasteiger partial charge in [-0.05, 0) is 48.4 Å². The monoisotopic (exact) mass is 529 g/mol. The molecule has 5 rings (SSSR count). The van der Waals surface area contributed by atoms with E-state index in [4.69, 9.17) is 18.9 Å². The summed E-state index contributed by atoms with van der Waals surface area (Å²) in [7, 11) is 3.06. The van der Waals surface area contributed by atoms with Gasteiger partial charge in [0.25, 0.3) is 0 Å². The number of rotatable bonds is 9. The van der Waals surface area contributed by atoms with Crippen molar-refractivity contribution in [3.8, 4) is 5.75 Å². The maximum absolute atomic E-state index is 12.6. The number of benzene rings is 3. The molecule has 0 spiro atoms. The molecule has 3 aromatic carbocycles. The van der Waals surface area contributed by atoms with E-state index in [9.17, 15) is 9.59 Å². The number of hydrogen-bond acceptors (Lipinski definition) is 6. The Morgan fingerprint density at radius 2 is 1.74 bits per heavy atom. The lowest BCUT2D eigenvalue weighted by atomic mass is 9.89. The van der Waals surface area contributed by atoms with Crippen molar-refractivity contribution < 1.29 is 33.9 Å². The van der Waals surface area contributed by atoms with Crippen molar-refractivity contribution in [3.63, 3.8) is 0 Å². The minimum atomic E-state index is -0.363. The molecule has 39 heavy (non-hydrogen) atoms. The first kappa shape index (κ1) is 26.5. The van der Waals surface area contributed by atoms with Gasteiger partial charge in [0.15, 0.2) is 12.1 Å². The first-order valence-corrected chi connectivity index (χ1v) is 13.1. The van der Waals surface area contributed by atoms with Gasteiger partial charge in [0.2, 0.25) is 0 Å². The number of carbonyl (C=O) groups is 2. The van der Waals surface area contributed by atoms with E-state index >= 15 is 0 Å². The number of para-hydroxylation sites is 1. The molecule has 0 saturated carbocycles. The highest BCUT2D eigenvalue weighted by molar-refractivity contribution is 5.91. The van der Waals surface area contributed by atoms with Crippen LogP contribution in [-0.2, 0) is 38.6 Å². The first-order valence-electron chi connectivity index (χ1n) is 13.1. The average molecular weight is 530 g/mol. The lowest BCUT2D eigenvalue weighted by Gasteiger charge is -2.27. The number of nitrogens with two attached hydrogens (primary N) is 1. The van der Waals surface area contributed by atoms with Crippen LogP contribution in [-0.4, -0.2) is 43.8 Å². The topological polar surface area (TPSA) is 103 Å². The predicted molar refractivity (Wildman–Crippen MR) is 145 cm³/mol. The molecule has 0 saturated heterocycles. The van der Waals surface area contributed by atoms with E-state index in [1.807, 2.05) is 42.5 Å². The van der Waals surface area contributed by atoms with E-state index in [0.29, 0.717) is 24.3 Å². The molecular weight excluding hydrogens is 496 g/mol. The van der Waals surface area contributed by atoms with E-state index in [2.05, 4.69) is 28.5 Å². The fourth-order valence-electron chi connectivity index (χ4n) is 5.34. The summed E-state index contributed by atoms with van der Waals surface area (Å²) < 4.78 is 22.0. The molecule has 0 fully saturated rings. The molecule has 202 valence electrons. The van der Waals surface area contributed by atoms with Gasteiger partial charge in [0.1, 0.15) is 5.75 Å². The SMILES string of the molecule is CCOC(=O)c1ccccc1COCc1cc([C@@H]2[NH2+][C@H](C(=O)OC)Cc3c2[nH]c2ccccc32)ccc1OC. The van der Waals surface area contributed by atoms with E-state index < -0.39 is 0 Å². The van der Waals surface area contributed by atoms with Crippen LogP contribution in [0.1, 0.15) is 51.3 Å². The van der Waals surface area contributed by atoms with Crippen molar-refractivity contribution in [2.45, 2.75) is 38.6 Å². The smallest absolute Gasteiger partial charge is 0.364 e. The molecule has 2 atom stereocenters. The summed E-state index contributed by atoms with van der Waals surface area (Å²) in [5.41, 5.74) is 6.41. The van der Waals surface area contributed by atoms with Crippen molar-refractivity contribution >= 4 is 22.8 Å². The molecule has 0 unspecified atom stereocenters. The predicted octanol–water partition coefficient (Wildman–Crippen LogP) is 3.82. The first-order chi connectivity index (χ1) is 19.0. The maximum atomic E-state index is 12.6. The number of methoxy groups -OCH3 is 2. The Morgan fingerprint density at radius 1 is 0.974 bits per heavy atom. The van der Waals surface area contributed by atoms with Gasteiger partial charge >= 0.3 is 11.9 Å². The van der Waals surface area contributed by atoms with Gasteiger partial charge in [-0.25, -0.2) is 9.59 Å². The number of H-pyrrole nitrogens is 1. The van der Waals surface area contributed by atoms with Crippen LogP contribution < -0.4 is 10.1 Å². The van der Waals surface area contributed by atoms with Crippen LogP contribution in [0.5, 0.6) is 5.75 Å². The highest BCUT2D eigenvalue weighted by atomic mass is 16.5. The molecule has 4 aromatic rings. The second kappa shape index (κ2) is 11.7. The van der Waals surface area contributed by atoms with Crippen molar-refractivity contribution in [1.29, 1.82) is 0 Å². The van der Waals surface area contributed by atoms with E-state index in [1.165, 1.54) is 7.11 Å². The molecular formula is C31H33N2O6+. The zero-order chi connectivity index (χ0) is 27.4. The second-order valence-electron chi connectivity index (χ2n) is 9.51. The lowest BCUT2D eigenvalue weighted by molar-refractivity contribution is -0.712. The molecule has 0 amide bonds. The van der Waals surface area contributed by atoms with Gasteiger partial charge < -0.3 is 29.2 Å². The Kier molecular flexibility index (Phi) is 7.95. The molecule has 0 radical (unpaired) electrons. The molecule has 3 N–H and O–H groups in total. The number of aromatic nitrogens is 1.